The third-order valence-electron chi connectivity index (χ3n) is 3.52. The van der Waals surface area contributed by atoms with Crippen LogP contribution in [0, 0.1) is 0 Å². The van der Waals surface area contributed by atoms with Gasteiger partial charge in [-0.3, -0.25) is 0 Å². The number of phenols is 1. The molecule has 0 saturated carbocycles. The van der Waals surface area contributed by atoms with Crippen LogP contribution in [0.15, 0.2) is 42.5 Å². The van der Waals surface area contributed by atoms with Crippen molar-refractivity contribution in [1.29, 1.82) is 0 Å². The molecule has 2 aromatic carbocycles. The molecule has 2 aromatic rings. The molecular formula is C16H14O4. The lowest BCUT2D eigenvalue weighted by Crippen LogP contribution is -2.15. The summed E-state index contributed by atoms with van der Waals surface area (Å²) in [4.78, 5) is 10.9. The zero-order valence-corrected chi connectivity index (χ0v) is 10.7. The maximum absolute atomic E-state index is 10.9. The number of benzene rings is 2. The number of carbonyl (C=O) groups is 1. The fourth-order valence-corrected chi connectivity index (χ4v) is 2.45. The number of carboxylic acid groups (broad SMARTS) is 1. The van der Waals surface area contributed by atoms with Gasteiger partial charge in [-0.05, 0) is 54.3 Å². The highest BCUT2D eigenvalue weighted by molar-refractivity contribution is 5.88. The van der Waals surface area contributed by atoms with Crippen LogP contribution in [0.5, 0.6) is 11.5 Å². The smallest absolute Gasteiger partial charge is 0.335 e. The number of aromatic carboxylic acids is 1. The molecule has 4 heteroatoms. The maximum Gasteiger partial charge on any atom is 0.335 e. The molecule has 102 valence electrons. The van der Waals surface area contributed by atoms with Crippen molar-refractivity contribution < 1.29 is 19.7 Å². The molecule has 1 unspecified atom stereocenters. The quantitative estimate of drug-likeness (QED) is 0.879. The van der Waals surface area contributed by atoms with Crippen molar-refractivity contribution in [3.8, 4) is 11.5 Å². The topological polar surface area (TPSA) is 66.8 Å². The van der Waals surface area contributed by atoms with E-state index in [1.54, 1.807) is 30.3 Å². The number of fused-ring (bicyclic) bond motifs is 1. The summed E-state index contributed by atoms with van der Waals surface area (Å²) in [5, 5.41) is 18.3. The minimum absolute atomic E-state index is 0.0567. The van der Waals surface area contributed by atoms with Crippen LogP contribution in [0.4, 0.5) is 0 Å². The van der Waals surface area contributed by atoms with Gasteiger partial charge in [-0.25, -0.2) is 4.79 Å². The molecule has 0 aromatic heterocycles. The van der Waals surface area contributed by atoms with E-state index in [0.29, 0.717) is 0 Å². The Hall–Kier alpha value is -2.49. The first-order valence-corrected chi connectivity index (χ1v) is 6.45. The Bertz CT molecular complexity index is 646. The van der Waals surface area contributed by atoms with Crippen LogP contribution in [0.1, 0.15) is 34.0 Å². The molecule has 1 aliphatic rings. The second kappa shape index (κ2) is 4.89. The van der Waals surface area contributed by atoms with E-state index < -0.39 is 5.97 Å². The van der Waals surface area contributed by atoms with Gasteiger partial charge in [0.25, 0.3) is 0 Å². The van der Waals surface area contributed by atoms with Crippen LogP contribution in [0.2, 0.25) is 0 Å². The zero-order valence-electron chi connectivity index (χ0n) is 10.7. The van der Waals surface area contributed by atoms with Crippen molar-refractivity contribution in [1.82, 2.24) is 0 Å². The summed E-state index contributed by atoms with van der Waals surface area (Å²) in [5.74, 6) is 0.0452. The molecule has 1 atom stereocenters. The van der Waals surface area contributed by atoms with Gasteiger partial charge in [0.15, 0.2) is 0 Å². The van der Waals surface area contributed by atoms with Crippen molar-refractivity contribution >= 4 is 5.97 Å². The fraction of sp³-hybridized carbons (Fsp3) is 0.188. The summed E-state index contributed by atoms with van der Waals surface area (Å²) in [6, 6.07) is 11.9. The predicted octanol–water partition coefficient (Wildman–Crippen LogP) is 3.16. The van der Waals surface area contributed by atoms with Crippen LogP contribution in [0.25, 0.3) is 0 Å². The van der Waals surface area contributed by atoms with Gasteiger partial charge in [0.05, 0.1) is 5.56 Å². The van der Waals surface area contributed by atoms with Gasteiger partial charge in [0.1, 0.15) is 17.6 Å². The highest BCUT2D eigenvalue weighted by Gasteiger charge is 2.22. The molecule has 4 nitrogen and oxygen atoms in total. The molecule has 3 rings (SSSR count). The third-order valence-corrected chi connectivity index (χ3v) is 3.52. The number of ether oxygens (including phenoxy) is 1. The minimum Gasteiger partial charge on any atom is -0.508 e. The highest BCUT2D eigenvalue weighted by atomic mass is 16.5. The lowest BCUT2D eigenvalue weighted by atomic mass is 9.96. The summed E-state index contributed by atoms with van der Waals surface area (Å²) >= 11 is 0. The van der Waals surface area contributed by atoms with Gasteiger partial charge < -0.3 is 14.9 Å². The second-order valence-electron chi connectivity index (χ2n) is 4.86. The summed E-state index contributed by atoms with van der Waals surface area (Å²) in [6.45, 7) is 0. The molecule has 0 spiro atoms. The lowest BCUT2D eigenvalue weighted by molar-refractivity contribution is 0.0696. The first-order valence-electron chi connectivity index (χ1n) is 6.45. The van der Waals surface area contributed by atoms with E-state index in [9.17, 15) is 9.90 Å². The van der Waals surface area contributed by atoms with Crippen LogP contribution >= 0.6 is 0 Å². The zero-order chi connectivity index (χ0) is 14.1. The Kier molecular flexibility index (Phi) is 3.06. The van der Waals surface area contributed by atoms with Gasteiger partial charge in [-0.1, -0.05) is 12.1 Å². The molecule has 0 radical (unpaired) electrons. The average Bonchev–Trinajstić information content (AvgIpc) is 2.47. The number of rotatable bonds is 2. The van der Waals surface area contributed by atoms with E-state index in [1.807, 2.05) is 12.1 Å². The average molecular weight is 270 g/mol. The number of carboxylic acids is 1. The van der Waals surface area contributed by atoms with Crippen LogP contribution in [-0.2, 0) is 6.42 Å². The van der Waals surface area contributed by atoms with Gasteiger partial charge in [0, 0.05) is 0 Å². The molecule has 0 saturated heterocycles. The largest absolute Gasteiger partial charge is 0.508 e. The van der Waals surface area contributed by atoms with Gasteiger partial charge in [0.2, 0.25) is 0 Å². The molecular weight excluding hydrogens is 256 g/mol. The molecule has 1 heterocycles. The number of hydrogen-bond acceptors (Lipinski definition) is 3. The van der Waals surface area contributed by atoms with Crippen LogP contribution in [0.3, 0.4) is 0 Å². The molecule has 0 bridgehead atoms. The van der Waals surface area contributed by atoms with Gasteiger partial charge in [-0.15, -0.1) is 0 Å². The fourth-order valence-electron chi connectivity index (χ4n) is 2.45. The molecule has 0 fully saturated rings. The monoisotopic (exact) mass is 270 g/mol. The van der Waals surface area contributed by atoms with Gasteiger partial charge >= 0.3 is 5.97 Å². The van der Waals surface area contributed by atoms with Crippen molar-refractivity contribution in [2.45, 2.75) is 18.9 Å². The summed E-state index contributed by atoms with van der Waals surface area (Å²) in [7, 11) is 0. The SMILES string of the molecule is O=C(O)c1ccc2c(c1)CCC(c1ccc(O)cc1)O2. The highest BCUT2D eigenvalue weighted by Crippen LogP contribution is 2.35. The Morgan fingerprint density at radius 1 is 1.15 bits per heavy atom. The van der Waals surface area contributed by atoms with E-state index >= 15 is 0 Å². The maximum atomic E-state index is 10.9. The van der Waals surface area contributed by atoms with Crippen molar-refractivity contribution in [3.05, 3.63) is 59.2 Å². The summed E-state index contributed by atoms with van der Waals surface area (Å²) in [6.07, 6.45) is 1.52. The minimum atomic E-state index is -0.923. The number of phenolic OH excluding ortho intramolecular Hbond substituents is 1. The lowest BCUT2D eigenvalue weighted by Gasteiger charge is -2.26. The van der Waals surface area contributed by atoms with Crippen LogP contribution in [-0.4, -0.2) is 16.2 Å². The molecule has 20 heavy (non-hydrogen) atoms. The molecule has 0 aliphatic carbocycles. The molecule has 2 N–H and O–H groups in total. The van der Waals surface area contributed by atoms with E-state index in [2.05, 4.69) is 0 Å². The van der Waals surface area contributed by atoms with Crippen molar-refractivity contribution in [3.63, 3.8) is 0 Å². The van der Waals surface area contributed by atoms with E-state index in [4.69, 9.17) is 9.84 Å². The van der Waals surface area contributed by atoms with E-state index in [-0.39, 0.29) is 17.4 Å². The molecule has 0 amide bonds. The normalized spacial score (nSPS) is 17.1. The number of aromatic hydroxyl groups is 1. The summed E-state index contributed by atoms with van der Waals surface area (Å²) in [5.41, 5.74) is 2.23. The van der Waals surface area contributed by atoms with Crippen LogP contribution < -0.4 is 4.74 Å². The first kappa shape index (κ1) is 12.5. The van der Waals surface area contributed by atoms with Crippen molar-refractivity contribution in [2.75, 3.05) is 0 Å². The number of hydrogen-bond donors (Lipinski definition) is 2. The Morgan fingerprint density at radius 2 is 1.90 bits per heavy atom. The predicted molar refractivity (Wildman–Crippen MR) is 73.2 cm³/mol. The Labute approximate surface area is 116 Å². The molecule has 1 aliphatic heterocycles. The summed E-state index contributed by atoms with van der Waals surface area (Å²) < 4.78 is 5.92. The first-order chi connectivity index (χ1) is 9.63. The Morgan fingerprint density at radius 3 is 2.60 bits per heavy atom. The third kappa shape index (κ3) is 2.32. The van der Waals surface area contributed by atoms with Crippen molar-refractivity contribution in [2.24, 2.45) is 0 Å². The second-order valence-corrected chi connectivity index (χ2v) is 4.86. The number of aryl methyl sites for hydroxylation is 1. The standard InChI is InChI=1S/C16H14O4/c17-13-5-1-10(2-6-13)14-7-3-11-9-12(16(18)19)4-8-15(11)20-14/h1-2,4-6,8-9,14,17H,3,7H2,(H,18,19). The Balaban J connectivity index is 1.85. The van der Waals surface area contributed by atoms with Gasteiger partial charge in [-0.2, -0.15) is 0 Å². The van der Waals surface area contributed by atoms with E-state index in [0.717, 1.165) is 29.7 Å². The van der Waals surface area contributed by atoms with E-state index in [1.165, 1.54) is 0 Å².